The van der Waals surface area contributed by atoms with Crippen LogP contribution in [0.1, 0.15) is 59.1 Å². The molecule has 0 saturated carbocycles. The molecule has 148 valence electrons. The molecule has 2 aromatic rings. The first kappa shape index (κ1) is 27.5. The number of hydrogen-bond acceptors (Lipinski definition) is 0. The molecule has 4 heteroatoms. The molecule has 0 nitrogen and oxygen atoms in total. The first-order chi connectivity index (χ1) is 11.9. The Bertz CT molecular complexity index is 789. The molecule has 3 rings (SSSR count). The molecule has 0 aliphatic heterocycles. The third kappa shape index (κ3) is 6.00. The number of benzene rings is 2. The average molecular weight is 470 g/mol. The number of hydrogen-bond donors (Lipinski definition) is 0. The fraction of sp³-hybridized carbons (Fsp3) is 0.333. The van der Waals surface area contributed by atoms with E-state index in [2.05, 4.69) is 97.5 Å². The Hall–Kier alpha value is -0.496. The Morgan fingerprint density at radius 1 is 0.750 bits per heavy atom. The predicted octanol–water partition coefficient (Wildman–Crippen LogP) is -2.39. The van der Waals surface area contributed by atoms with Crippen molar-refractivity contribution in [1.29, 1.82) is 0 Å². The van der Waals surface area contributed by atoms with Gasteiger partial charge >= 0.3 is 165 Å². The molecular weight excluding hydrogens is 442 g/mol. The van der Waals surface area contributed by atoms with Gasteiger partial charge in [0.25, 0.3) is 0 Å². The summed E-state index contributed by atoms with van der Waals surface area (Å²) in [7, 11) is 0. The van der Waals surface area contributed by atoms with Gasteiger partial charge in [-0.15, -0.1) is 0 Å². The fourth-order valence-corrected chi connectivity index (χ4v) is 4.99. The maximum absolute atomic E-state index is 2.43. The minimum atomic E-state index is 0. The number of rotatable bonds is 4. The predicted molar refractivity (Wildman–Crippen MR) is 104 cm³/mol. The largest absolute Gasteiger partial charge is 1.00 e. The van der Waals surface area contributed by atoms with E-state index in [1.165, 1.54) is 42.8 Å². The Kier molecular flexibility index (Phi) is 11.4. The zero-order chi connectivity index (χ0) is 18.1. The van der Waals surface area contributed by atoms with E-state index in [4.69, 9.17) is 0 Å². The zero-order valence-electron chi connectivity index (χ0n) is 17.2. The van der Waals surface area contributed by atoms with Gasteiger partial charge in [-0.3, -0.25) is 0 Å². The molecule has 0 radical (unpaired) electrons. The molecule has 0 bridgehead atoms. The number of halogens is 3. The van der Waals surface area contributed by atoms with Crippen LogP contribution in [0.3, 0.4) is 0 Å². The van der Waals surface area contributed by atoms with Crippen molar-refractivity contribution in [3.8, 4) is 0 Å². The van der Waals surface area contributed by atoms with Crippen molar-refractivity contribution in [2.45, 2.75) is 53.4 Å². The molecule has 0 amide bonds. The second-order valence-electron chi connectivity index (χ2n) is 7.46. The molecule has 0 heterocycles. The van der Waals surface area contributed by atoms with E-state index in [0.717, 1.165) is 12.8 Å². The van der Waals surface area contributed by atoms with E-state index < -0.39 is 0 Å². The van der Waals surface area contributed by atoms with Crippen LogP contribution in [0.2, 0.25) is 0 Å². The molecule has 1 aliphatic carbocycles. The molecule has 28 heavy (non-hydrogen) atoms. The van der Waals surface area contributed by atoms with Crippen molar-refractivity contribution in [2.24, 2.45) is 0 Å². The van der Waals surface area contributed by atoms with Gasteiger partial charge in [-0.25, -0.2) is 0 Å². The maximum Gasteiger partial charge on any atom is -1.00 e. The van der Waals surface area contributed by atoms with Crippen molar-refractivity contribution in [2.75, 3.05) is 0 Å². The summed E-state index contributed by atoms with van der Waals surface area (Å²) in [6.07, 6.45) is 4.64. The van der Waals surface area contributed by atoms with Crippen molar-refractivity contribution >= 4 is 0 Å². The minimum Gasteiger partial charge on any atom is -1.00 e. The molecule has 0 aromatic heterocycles. The fourth-order valence-electron chi connectivity index (χ4n) is 4.17. The number of aryl methyl sites for hydroxylation is 4. The summed E-state index contributed by atoms with van der Waals surface area (Å²) in [5, 5.41) is 0. The molecular formula is C24H27Cl3Ti. The van der Waals surface area contributed by atoms with Crippen LogP contribution in [0.15, 0.2) is 57.5 Å². The van der Waals surface area contributed by atoms with Crippen LogP contribution in [0.5, 0.6) is 0 Å². The van der Waals surface area contributed by atoms with Crippen LogP contribution in [0.25, 0.3) is 0 Å². The molecule has 0 unspecified atom stereocenters. The van der Waals surface area contributed by atoms with E-state index in [9.17, 15) is 0 Å². The van der Waals surface area contributed by atoms with Crippen LogP contribution in [-0.4, -0.2) is 0 Å². The van der Waals surface area contributed by atoms with Gasteiger partial charge < -0.3 is 37.2 Å². The van der Waals surface area contributed by atoms with Crippen LogP contribution in [-0.2, 0) is 20.4 Å². The Balaban J connectivity index is 0.00000243. The van der Waals surface area contributed by atoms with Gasteiger partial charge in [0.1, 0.15) is 0 Å². The number of allylic oxidation sites excluding steroid dienone is 4. The summed E-state index contributed by atoms with van der Waals surface area (Å²) >= 11 is 2.32. The summed E-state index contributed by atoms with van der Waals surface area (Å²) in [5.74, 6) is 0.359. The molecule has 0 N–H and O–H groups in total. The summed E-state index contributed by atoms with van der Waals surface area (Å²) in [6, 6.07) is 14.0. The smallest absolute Gasteiger partial charge is 1.00 e. The van der Waals surface area contributed by atoms with Gasteiger partial charge in [-0.2, -0.15) is 0 Å². The summed E-state index contributed by atoms with van der Waals surface area (Å²) < 4.78 is 1.51. The first-order valence-electron chi connectivity index (χ1n) is 9.19. The van der Waals surface area contributed by atoms with E-state index in [1.54, 1.807) is 5.57 Å². The summed E-state index contributed by atoms with van der Waals surface area (Å²) in [6.45, 7) is 11.1. The summed E-state index contributed by atoms with van der Waals surface area (Å²) in [4.78, 5) is 0. The van der Waals surface area contributed by atoms with Crippen molar-refractivity contribution in [1.82, 2.24) is 0 Å². The Morgan fingerprint density at radius 3 is 1.46 bits per heavy atom. The van der Waals surface area contributed by atoms with Crippen molar-refractivity contribution in [3.05, 3.63) is 90.9 Å². The van der Waals surface area contributed by atoms with Crippen LogP contribution in [0, 0.1) is 27.7 Å². The minimum absolute atomic E-state index is 0. The van der Waals surface area contributed by atoms with Gasteiger partial charge in [0, 0.05) is 0 Å². The monoisotopic (exact) mass is 468 g/mol. The standard InChI is InChI=1S/C24H27.3ClH.Ti/c1-6-20-7-8-21(15-20)24(22-11-16(2)9-17(3)12-22)23-13-18(4)10-19(5)14-23;;;;/h7,9-14,24H,6,8H2,1-5H3;3*1H;/q;;;;+3/p-3. The van der Waals surface area contributed by atoms with Gasteiger partial charge in [0.15, 0.2) is 0 Å². The van der Waals surface area contributed by atoms with Gasteiger partial charge in [-0.1, -0.05) is 0 Å². The second-order valence-corrected chi connectivity index (χ2v) is 8.24. The SMILES string of the molecule is CCC1=CCC(C(c2cc(C)cc(C)c2)c2cc(C)cc(C)c2)=[C]1[Ti+3].[Cl-].[Cl-].[Cl-]. The van der Waals surface area contributed by atoms with E-state index in [-0.39, 0.29) is 37.2 Å². The third-order valence-electron chi connectivity index (χ3n) is 5.09. The van der Waals surface area contributed by atoms with E-state index >= 15 is 0 Å². The van der Waals surface area contributed by atoms with Crippen molar-refractivity contribution < 1.29 is 57.7 Å². The molecule has 1 aliphatic rings. The van der Waals surface area contributed by atoms with Gasteiger partial charge in [0.2, 0.25) is 0 Å². The van der Waals surface area contributed by atoms with Gasteiger partial charge in [-0.05, 0) is 0 Å². The summed E-state index contributed by atoms with van der Waals surface area (Å²) in [5.41, 5.74) is 11.4. The molecule has 0 spiro atoms. The van der Waals surface area contributed by atoms with Crippen LogP contribution in [0.4, 0.5) is 0 Å². The van der Waals surface area contributed by atoms with E-state index in [1.807, 2.05) is 0 Å². The topological polar surface area (TPSA) is 0 Å². The Labute approximate surface area is 200 Å². The third-order valence-corrected chi connectivity index (χ3v) is 6.10. The first-order valence-corrected chi connectivity index (χ1v) is 9.97. The normalized spacial score (nSPS) is 12.9. The van der Waals surface area contributed by atoms with Crippen molar-refractivity contribution in [3.63, 3.8) is 0 Å². The molecule has 2 aromatic carbocycles. The quantitative estimate of drug-likeness (QED) is 0.439. The maximum atomic E-state index is 2.43. The van der Waals surface area contributed by atoms with Crippen LogP contribution >= 0.6 is 0 Å². The molecule has 0 fully saturated rings. The second kappa shape index (κ2) is 11.6. The molecule has 0 atom stereocenters. The van der Waals surface area contributed by atoms with E-state index in [0.29, 0.717) is 5.92 Å². The zero-order valence-corrected chi connectivity index (χ0v) is 21.0. The molecule has 0 saturated heterocycles. The van der Waals surface area contributed by atoms with Gasteiger partial charge in [0.05, 0.1) is 0 Å². The van der Waals surface area contributed by atoms with Crippen LogP contribution < -0.4 is 37.2 Å². The Morgan fingerprint density at radius 2 is 1.14 bits per heavy atom. The average Bonchev–Trinajstić information content (AvgIpc) is 2.87.